The zero-order valence-electron chi connectivity index (χ0n) is 9.13. The lowest BCUT2D eigenvalue weighted by molar-refractivity contribution is -0.274. The Morgan fingerprint density at radius 1 is 1.32 bits per heavy atom. The second kappa shape index (κ2) is 7.94. The lowest BCUT2D eigenvalue weighted by Crippen LogP contribution is -2.17. The standard InChI is InChI=1S/C9H6ClF3O2.Cl2OS/c1-5-4-6(15-9(11,12)13)2-3-7(5)8(10)14;1-4(2)3/h2-4H,1H3;. The fraction of sp³-hybridized carbons (Fsp3) is 0.222. The van der Waals surface area contributed by atoms with E-state index in [0.717, 1.165) is 12.1 Å². The van der Waals surface area contributed by atoms with Gasteiger partial charge in [-0.2, -0.15) is 0 Å². The lowest BCUT2D eigenvalue weighted by Gasteiger charge is -2.10. The van der Waals surface area contributed by atoms with Crippen LogP contribution in [-0.4, -0.2) is 15.8 Å². The fourth-order valence-electron chi connectivity index (χ4n) is 1.05. The molecule has 0 spiro atoms. The van der Waals surface area contributed by atoms with Crippen LogP contribution in [0.2, 0.25) is 0 Å². The Hall–Kier alpha value is -0.500. The van der Waals surface area contributed by atoms with Gasteiger partial charge in [-0.3, -0.25) is 4.79 Å². The van der Waals surface area contributed by atoms with Gasteiger partial charge in [-0.1, -0.05) is 0 Å². The van der Waals surface area contributed by atoms with E-state index in [1.165, 1.54) is 13.0 Å². The van der Waals surface area contributed by atoms with Crippen molar-refractivity contribution < 1.29 is 26.9 Å². The van der Waals surface area contributed by atoms with Crippen LogP contribution in [0.4, 0.5) is 13.2 Å². The number of hydrogen-bond acceptors (Lipinski definition) is 3. The minimum Gasteiger partial charge on any atom is -0.406 e. The predicted octanol–water partition coefficient (Wildman–Crippen LogP) is 4.32. The van der Waals surface area contributed by atoms with E-state index in [-0.39, 0.29) is 11.3 Å². The Morgan fingerprint density at radius 2 is 1.79 bits per heavy atom. The molecule has 0 heterocycles. The van der Waals surface area contributed by atoms with Gasteiger partial charge >= 0.3 is 6.36 Å². The van der Waals surface area contributed by atoms with E-state index in [4.69, 9.17) is 15.8 Å². The summed E-state index contributed by atoms with van der Waals surface area (Å²) in [5.41, 5.74) is 0.489. The monoisotopic (exact) mass is 356 g/mol. The number of aryl methyl sites for hydroxylation is 1. The summed E-state index contributed by atoms with van der Waals surface area (Å²) in [4.78, 5) is 10.8. The molecule has 19 heavy (non-hydrogen) atoms. The molecule has 1 rings (SSSR count). The van der Waals surface area contributed by atoms with E-state index >= 15 is 0 Å². The number of rotatable bonds is 2. The minimum atomic E-state index is -4.74. The molecular formula is C9H6Cl3F3O3S. The van der Waals surface area contributed by atoms with Gasteiger partial charge in [0.05, 0.1) is 0 Å². The third-order valence-corrected chi connectivity index (χ3v) is 1.85. The van der Waals surface area contributed by atoms with Gasteiger partial charge in [-0.05, 0) is 42.3 Å². The first kappa shape index (κ1) is 18.5. The SMILES string of the molecule is Cc1cc(OC(F)(F)F)ccc1C(=O)Cl.O=S(Cl)Cl. The fourth-order valence-corrected chi connectivity index (χ4v) is 1.27. The molecule has 0 bridgehead atoms. The third-order valence-electron chi connectivity index (χ3n) is 1.64. The van der Waals surface area contributed by atoms with Crippen molar-refractivity contribution in [2.24, 2.45) is 0 Å². The van der Waals surface area contributed by atoms with Crippen molar-refractivity contribution >= 4 is 47.4 Å². The van der Waals surface area contributed by atoms with Crippen molar-refractivity contribution in [3.05, 3.63) is 29.3 Å². The van der Waals surface area contributed by atoms with Gasteiger partial charge in [0.15, 0.2) is 0 Å². The van der Waals surface area contributed by atoms with Crippen LogP contribution in [0.25, 0.3) is 0 Å². The molecule has 0 aliphatic heterocycles. The van der Waals surface area contributed by atoms with Crippen LogP contribution in [-0.2, 0) is 9.23 Å². The second-order valence-corrected chi connectivity index (χ2v) is 5.85. The molecule has 0 aliphatic rings. The quantitative estimate of drug-likeness (QED) is 0.741. The summed E-state index contributed by atoms with van der Waals surface area (Å²) >= 11 is 5.19. The van der Waals surface area contributed by atoms with Crippen LogP contribution in [0.5, 0.6) is 5.75 Å². The minimum absolute atomic E-state index is 0.159. The summed E-state index contributed by atoms with van der Waals surface area (Å²) in [6, 6.07) is 3.32. The van der Waals surface area contributed by atoms with Gasteiger partial charge in [-0.15, -0.1) is 13.2 Å². The van der Waals surface area contributed by atoms with Gasteiger partial charge in [0.25, 0.3) is 5.24 Å². The largest absolute Gasteiger partial charge is 0.573 e. The highest BCUT2D eigenvalue weighted by Crippen LogP contribution is 2.25. The van der Waals surface area contributed by atoms with Crippen LogP contribution in [0.3, 0.4) is 0 Å². The lowest BCUT2D eigenvalue weighted by atomic mass is 10.1. The highest BCUT2D eigenvalue weighted by Gasteiger charge is 2.31. The van der Waals surface area contributed by atoms with Crippen LogP contribution < -0.4 is 4.74 Å². The molecule has 0 atom stereocenters. The first-order chi connectivity index (χ1) is 8.53. The number of hydrogen-bond donors (Lipinski definition) is 0. The van der Waals surface area contributed by atoms with Crippen molar-refractivity contribution in [1.82, 2.24) is 0 Å². The van der Waals surface area contributed by atoms with Crippen molar-refractivity contribution in [3.8, 4) is 5.75 Å². The number of halogens is 6. The maximum absolute atomic E-state index is 11.8. The molecule has 0 unspecified atom stereocenters. The Kier molecular flexibility index (Phi) is 7.73. The van der Waals surface area contributed by atoms with Crippen molar-refractivity contribution in [3.63, 3.8) is 0 Å². The summed E-state index contributed by atoms with van der Waals surface area (Å²) in [7, 11) is 7.36. The normalized spacial score (nSPS) is 10.7. The molecule has 1 aromatic carbocycles. The van der Waals surface area contributed by atoms with E-state index in [0.29, 0.717) is 5.56 Å². The molecule has 0 amide bonds. The maximum Gasteiger partial charge on any atom is 0.573 e. The van der Waals surface area contributed by atoms with Gasteiger partial charge in [0.1, 0.15) is 5.75 Å². The van der Waals surface area contributed by atoms with Crippen molar-refractivity contribution in [2.75, 3.05) is 0 Å². The number of carbonyl (C=O) groups is 1. The third kappa shape index (κ3) is 9.10. The summed E-state index contributed by atoms with van der Waals surface area (Å²) in [5.74, 6) is -0.373. The zero-order chi connectivity index (χ0) is 15.2. The Labute approximate surface area is 123 Å². The first-order valence-electron chi connectivity index (χ1n) is 4.33. The Morgan fingerprint density at radius 3 is 2.11 bits per heavy atom. The van der Waals surface area contributed by atoms with Crippen LogP contribution in [0.15, 0.2) is 18.2 Å². The average molecular weight is 358 g/mol. The van der Waals surface area contributed by atoms with Crippen LogP contribution >= 0.6 is 33.0 Å². The number of benzene rings is 1. The van der Waals surface area contributed by atoms with Gasteiger partial charge < -0.3 is 4.74 Å². The molecule has 0 N–H and O–H groups in total. The Balaban J connectivity index is 0.000000711. The molecule has 0 saturated heterocycles. The topological polar surface area (TPSA) is 43.4 Å². The molecule has 0 aromatic heterocycles. The van der Waals surface area contributed by atoms with Crippen LogP contribution in [0.1, 0.15) is 15.9 Å². The highest BCUT2D eigenvalue weighted by molar-refractivity contribution is 8.26. The first-order valence-corrected chi connectivity index (χ1v) is 7.51. The van der Waals surface area contributed by atoms with Crippen molar-refractivity contribution in [2.45, 2.75) is 13.3 Å². The van der Waals surface area contributed by atoms with Crippen LogP contribution in [0, 0.1) is 6.92 Å². The molecule has 0 aliphatic carbocycles. The summed E-state index contributed by atoms with van der Waals surface area (Å²) in [6.45, 7) is 1.47. The summed E-state index contributed by atoms with van der Waals surface area (Å²) in [5, 5.41) is -0.717. The van der Waals surface area contributed by atoms with Gasteiger partial charge in [-0.25, -0.2) is 4.21 Å². The van der Waals surface area contributed by atoms with E-state index in [2.05, 4.69) is 26.1 Å². The van der Waals surface area contributed by atoms with Gasteiger partial charge in [0.2, 0.25) is 9.23 Å². The van der Waals surface area contributed by atoms with E-state index in [1.807, 2.05) is 0 Å². The molecule has 3 nitrogen and oxygen atoms in total. The van der Waals surface area contributed by atoms with Gasteiger partial charge in [0, 0.05) is 26.9 Å². The molecular weight excluding hydrogens is 352 g/mol. The molecule has 10 heteroatoms. The smallest absolute Gasteiger partial charge is 0.406 e. The van der Waals surface area contributed by atoms with E-state index in [1.54, 1.807) is 0 Å². The average Bonchev–Trinajstić information content (AvgIpc) is 2.12. The number of ether oxygens (including phenoxy) is 1. The molecule has 0 radical (unpaired) electrons. The highest BCUT2D eigenvalue weighted by atomic mass is 36.0. The summed E-state index contributed by atoms with van der Waals surface area (Å²) < 4.78 is 48.2. The number of carbonyl (C=O) groups excluding carboxylic acids is 1. The second-order valence-electron chi connectivity index (χ2n) is 2.98. The zero-order valence-corrected chi connectivity index (χ0v) is 12.2. The Bertz CT molecular complexity index is 476. The van der Waals surface area contributed by atoms with Crippen molar-refractivity contribution in [1.29, 1.82) is 0 Å². The predicted molar refractivity (Wildman–Crippen MR) is 67.9 cm³/mol. The van der Waals surface area contributed by atoms with E-state index in [9.17, 15) is 18.0 Å². The van der Waals surface area contributed by atoms with E-state index < -0.39 is 20.8 Å². The molecule has 0 fully saturated rings. The molecule has 0 saturated carbocycles. The summed E-state index contributed by atoms with van der Waals surface area (Å²) in [6.07, 6.45) is -4.74. The maximum atomic E-state index is 11.8. The molecule has 108 valence electrons. The molecule has 1 aromatic rings. The number of alkyl halides is 3.